The van der Waals surface area contributed by atoms with Crippen LogP contribution in [0.1, 0.15) is 32.6 Å². The first kappa shape index (κ1) is 10.4. The number of pyridine rings is 1. The Kier molecular flexibility index (Phi) is 3.19. The van der Waals surface area contributed by atoms with Crippen molar-refractivity contribution in [1.82, 2.24) is 4.98 Å². The first-order valence-electron chi connectivity index (χ1n) is 5.62. The average molecular weight is 208 g/mol. The third-order valence-corrected chi connectivity index (χ3v) is 3.03. The third kappa shape index (κ3) is 2.91. The van der Waals surface area contributed by atoms with E-state index in [2.05, 4.69) is 17.2 Å². The second kappa shape index (κ2) is 4.60. The minimum absolute atomic E-state index is 0.413. The number of anilines is 1. The Morgan fingerprint density at radius 3 is 3.07 bits per heavy atom. The molecule has 1 saturated carbocycles. The van der Waals surface area contributed by atoms with Gasteiger partial charge in [0, 0.05) is 24.0 Å². The molecule has 1 aromatic rings. The van der Waals surface area contributed by atoms with Crippen molar-refractivity contribution in [2.24, 2.45) is 5.92 Å². The van der Waals surface area contributed by atoms with Crippen molar-refractivity contribution in [3.8, 4) is 0 Å². The molecule has 15 heavy (non-hydrogen) atoms. The van der Waals surface area contributed by atoms with Gasteiger partial charge in [-0.1, -0.05) is 19.8 Å². The monoisotopic (exact) mass is 208 g/mol. The molecule has 0 spiro atoms. The van der Waals surface area contributed by atoms with Gasteiger partial charge in [-0.3, -0.25) is 0 Å². The summed E-state index contributed by atoms with van der Waals surface area (Å²) in [6.45, 7) is 2.28. The number of hydrogen-bond donors (Lipinski definition) is 1. The van der Waals surface area contributed by atoms with Gasteiger partial charge in [0.05, 0.1) is 0 Å². The number of aromatic nitrogens is 1. The number of hydrogen-bond acceptors (Lipinski definition) is 2. The van der Waals surface area contributed by atoms with Crippen molar-refractivity contribution >= 4 is 5.69 Å². The zero-order chi connectivity index (χ0) is 10.7. The molecule has 1 heterocycles. The smallest absolute Gasteiger partial charge is 0.214 e. The van der Waals surface area contributed by atoms with Crippen LogP contribution < -0.4 is 5.32 Å². The van der Waals surface area contributed by atoms with Gasteiger partial charge in [-0.2, -0.15) is 4.39 Å². The fourth-order valence-electron chi connectivity index (χ4n) is 2.29. The van der Waals surface area contributed by atoms with Gasteiger partial charge in [-0.25, -0.2) is 4.98 Å². The van der Waals surface area contributed by atoms with E-state index >= 15 is 0 Å². The topological polar surface area (TPSA) is 24.9 Å². The first-order chi connectivity index (χ1) is 7.24. The van der Waals surface area contributed by atoms with Gasteiger partial charge in [-0.05, 0) is 24.8 Å². The summed E-state index contributed by atoms with van der Waals surface area (Å²) in [4.78, 5) is 3.54. The van der Waals surface area contributed by atoms with Gasteiger partial charge in [-0.15, -0.1) is 0 Å². The summed E-state index contributed by atoms with van der Waals surface area (Å²) < 4.78 is 12.8. The van der Waals surface area contributed by atoms with E-state index in [0.29, 0.717) is 6.04 Å². The molecule has 2 atom stereocenters. The summed E-state index contributed by atoms with van der Waals surface area (Å²) in [5.74, 6) is 0.367. The van der Waals surface area contributed by atoms with Crippen LogP contribution in [0.2, 0.25) is 0 Å². The zero-order valence-corrected chi connectivity index (χ0v) is 9.04. The Hall–Kier alpha value is -1.12. The fraction of sp³-hybridized carbons (Fsp3) is 0.583. The summed E-state index contributed by atoms with van der Waals surface area (Å²) in [7, 11) is 0. The molecule has 1 aliphatic rings. The number of nitrogens with zero attached hydrogens (tertiary/aromatic N) is 1. The van der Waals surface area contributed by atoms with Crippen LogP contribution in [-0.4, -0.2) is 11.0 Å². The van der Waals surface area contributed by atoms with Crippen molar-refractivity contribution in [3.63, 3.8) is 0 Å². The normalized spacial score (nSPS) is 26.3. The second-order valence-electron chi connectivity index (χ2n) is 4.48. The Bertz CT molecular complexity index is 327. The Morgan fingerprint density at radius 2 is 2.33 bits per heavy atom. The van der Waals surface area contributed by atoms with Crippen LogP contribution in [-0.2, 0) is 0 Å². The second-order valence-corrected chi connectivity index (χ2v) is 4.48. The van der Waals surface area contributed by atoms with E-state index in [4.69, 9.17) is 0 Å². The van der Waals surface area contributed by atoms with Crippen LogP contribution in [0.3, 0.4) is 0 Å². The van der Waals surface area contributed by atoms with E-state index in [-0.39, 0.29) is 0 Å². The maximum Gasteiger partial charge on any atom is 0.214 e. The number of nitrogens with one attached hydrogen (secondary N) is 1. The molecule has 1 aromatic heterocycles. The Balaban J connectivity index is 1.96. The zero-order valence-electron chi connectivity index (χ0n) is 9.04. The van der Waals surface area contributed by atoms with E-state index in [1.165, 1.54) is 37.9 Å². The summed E-state index contributed by atoms with van der Waals surface area (Å²) in [6, 6.07) is 3.78. The highest BCUT2D eigenvalue weighted by Gasteiger charge is 2.18. The van der Waals surface area contributed by atoms with Crippen LogP contribution in [0.4, 0.5) is 10.1 Å². The lowest BCUT2D eigenvalue weighted by molar-refractivity contribution is 0.358. The molecule has 1 fully saturated rings. The highest BCUT2D eigenvalue weighted by atomic mass is 19.1. The first-order valence-corrected chi connectivity index (χ1v) is 5.62. The highest BCUT2D eigenvalue weighted by molar-refractivity contribution is 5.42. The lowest BCUT2D eigenvalue weighted by atomic mass is 9.87. The third-order valence-electron chi connectivity index (χ3n) is 3.03. The van der Waals surface area contributed by atoms with E-state index in [1.807, 2.05) is 6.07 Å². The van der Waals surface area contributed by atoms with E-state index < -0.39 is 5.95 Å². The quantitative estimate of drug-likeness (QED) is 0.755. The lowest BCUT2D eigenvalue weighted by Crippen LogP contribution is -2.26. The summed E-state index contributed by atoms with van der Waals surface area (Å²) in [5.41, 5.74) is 0.849. The van der Waals surface area contributed by atoms with Gasteiger partial charge >= 0.3 is 0 Å². The molecular weight excluding hydrogens is 191 g/mol. The van der Waals surface area contributed by atoms with Crippen LogP contribution in [0.5, 0.6) is 0 Å². The molecule has 0 bridgehead atoms. The summed E-state index contributed by atoms with van der Waals surface area (Å²) in [6.07, 6.45) is 6.47. The van der Waals surface area contributed by atoms with E-state index in [1.54, 1.807) is 0 Å². The van der Waals surface area contributed by atoms with Crippen LogP contribution in [0.15, 0.2) is 18.3 Å². The Morgan fingerprint density at radius 1 is 1.47 bits per heavy atom. The van der Waals surface area contributed by atoms with Crippen molar-refractivity contribution < 1.29 is 4.39 Å². The molecule has 1 N–H and O–H groups in total. The molecule has 1 aliphatic carbocycles. The summed E-state index contributed by atoms with van der Waals surface area (Å²) in [5, 5.41) is 3.37. The van der Waals surface area contributed by atoms with Crippen molar-refractivity contribution in [1.29, 1.82) is 0 Å². The largest absolute Gasteiger partial charge is 0.382 e. The summed E-state index contributed by atoms with van der Waals surface area (Å²) >= 11 is 0. The number of halogens is 1. The van der Waals surface area contributed by atoms with Crippen molar-refractivity contribution in [2.45, 2.75) is 38.6 Å². The van der Waals surface area contributed by atoms with Gasteiger partial charge in [0.15, 0.2) is 0 Å². The van der Waals surface area contributed by atoms with Crippen LogP contribution in [0.25, 0.3) is 0 Å². The average Bonchev–Trinajstić information content (AvgIpc) is 2.17. The van der Waals surface area contributed by atoms with Gasteiger partial charge in [0.2, 0.25) is 5.95 Å². The Labute approximate surface area is 89.9 Å². The molecule has 2 rings (SSSR count). The maximum atomic E-state index is 12.8. The fourth-order valence-corrected chi connectivity index (χ4v) is 2.29. The van der Waals surface area contributed by atoms with Crippen LogP contribution >= 0.6 is 0 Å². The predicted molar refractivity (Wildman–Crippen MR) is 59.2 cm³/mol. The molecule has 0 aliphatic heterocycles. The predicted octanol–water partition coefficient (Wildman–Crippen LogP) is 3.21. The highest BCUT2D eigenvalue weighted by Crippen LogP contribution is 2.26. The van der Waals surface area contributed by atoms with Crippen molar-refractivity contribution in [2.75, 3.05) is 5.32 Å². The molecule has 3 heteroatoms. The molecule has 0 saturated heterocycles. The maximum absolute atomic E-state index is 12.8. The molecule has 2 unspecified atom stereocenters. The molecular formula is C12H17FN2. The van der Waals surface area contributed by atoms with E-state index in [9.17, 15) is 4.39 Å². The number of rotatable bonds is 2. The van der Waals surface area contributed by atoms with Crippen molar-refractivity contribution in [3.05, 3.63) is 24.3 Å². The van der Waals surface area contributed by atoms with Gasteiger partial charge in [0.25, 0.3) is 0 Å². The molecule has 0 aromatic carbocycles. The standard InChI is InChI=1S/C12H17FN2/c1-9-3-2-4-10(7-9)15-11-5-6-14-12(13)8-11/h5-6,8-10H,2-4,7H2,1H3,(H,14,15). The SMILES string of the molecule is CC1CCCC(Nc2ccnc(F)c2)C1. The molecule has 2 nitrogen and oxygen atoms in total. The minimum Gasteiger partial charge on any atom is -0.382 e. The van der Waals surface area contributed by atoms with Gasteiger partial charge < -0.3 is 5.32 Å². The van der Waals surface area contributed by atoms with Crippen LogP contribution in [0, 0.1) is 11.9 Å². The molecule has 0 amide bonds. The minimum atomic E-state index is -0.413. The van der Waals surface area contributed by atoms with E-state index in [0.717, 1.165) is 11.6 Å². The molecule has 82 valence electrons. The van der Waals surface area contributed by atoms with Gasteiger partial charge in [0.1, 0.15) is 0 Å². The molecule has 0 radical (unpaired) electrons. The lowest BCUT2D eigenvalue weighted by Gasteiger charge is -2.28.